The van der Waals surface area contributed by atoms with Crippen molar-refractivity contribution in [1.29, 1.82) is 0 Å². The van der Waals surface area contributed by atoms with E-state index in [2.05, 4.69) is 24.6 Å². The van der Waals surface area contributed by atoms with E-state index in [1.807, 2.05) is 0 Å². The molecule has 2 heterocycles. The summed E-state index contributed by atoms with van der Waals surface area (Å²) in [5.41, 5.74) is 1.00. The van der Waals surface area contributed by atoms with Gasteiger partial charge in [-0.1, -0.05) is 6.07 Å². The lowest BCUT2D eigenvalue weighted by Crippen LogP contribution is -2.13. The molecule has 0 aliphatic rings. The van der Waals surface area contributed by atoms with Gasteiger partial charge in [0.05, 0.1) is 5.69 Å². The Morgan fingerprint density at radius 2 is 1.84 bits per heavy atom. The summed E-state index contributed by atoms with van der Waals surface area (Å²) < 4.78 is 31.5. The fraction of sp³-hybridized carbons (Fsp3) is 0. The van der Waals surface area contributed by atoms with Gasteiger partial charge in [-0.3, -0.25) is 9.71 Å². The molecule has 3 aromatic rings. The van der Waals surface area contributed by atoms with Crippen molar-refractivity contribution in [2.24, 2.45) is 0 Å². The first-order valence-corrected chi connectivity index (χ1v) is 6.79. The fourth-order valence-electron chi connectivity index (χ4n) is 1.63. The normalized spacial score (nSPS) is 11.6. The highest BCUT2D eigenvalue weighted by Gasteiger charge is 2.20. The van der Waals surface area contributed by atoms with Crippen LogP contribution in [0.2, 0.25) is 0 Å². The molecule has 96 valence electrons. The molecule has 0 saturated carbocycles. The Labute approximate surface area is 108 Å². The Morgan fingerprint density at radius 3 is 2.63 bits per heavy atom. The molecule has 0 aliphatic carbocycles. The predicted molar refractivity (Wildman–Crippen MR) is 66.8 cm³/mol. The van der Waals surface area contributed by atoms with Crippen molar-refractivity contribution in [3.8, 4) is 0 Å². The predicted octanol–water partition coefficient (Wildman–Crippen LogP) is 1.42. The van der Waals surface area contributed by atoms with Gasteiger partial charge < -0.3 is 0 Å². The van der Waals surface area contributed by atoms with Crippen LogP contribution in [0.5, 0.6) is 0 Å². The van der Waals surface area contributed by atoms with Crippen molar-refractivity contribution in [2.45, 2.75) is 4.90 Å². The molecule has 0 amide bonds. The number of nitrogens with zero attached hydrogens (tertiary/aromatic N) is 3. The Bertz CT molecular complexity index is 814. The van der Waals surface area contributed by atoms with E-state index in [4.69, 9.17) is 0 Å². The second kappa shape index (κ2) is 4.32. The lowest BCUT2D eigenvalue weighted by molar-refractivity contribution is 0.315. The van der Waals surface area contributed by atoms with Crippen molar-refractivity contribution >= 4 is 26.7 Å². The second-order valence-electron chi connectivity index (χ2n) is 3.73. The zero-order valence-electron chi connectivity index (χ0n) is 9.52. The highest BCUT2D eigenvalue weighted by atomic mass is 32.2. The number of aromatic nitrogens is 3. The quantitative estimate of drug-likeness (QED) is 0.776. The van der Waals surface area contributed by atoms with Crippen molar-refractivity contribution in [3.05, 3.63) is 42.7 Å². The molecule has 0 radical (unpaired) electrons. The number of hydrogen-bond acceptors (Lipinski definition) is 6. The zero-order valence-corrected chi connectivity index (χ0v) is 10.3. The molecule has 0 unspecified atom stereocenters. The van der Waals surface area contributed by atoms with Crippen LogP contribution in [-0.4, -0.2) is 23.7 Å². The first-order valence-electron chi connectivity index (χ1n) is 5.31. The summed E-state index contributed by atoms with van der Waals surface area (Å²) in [6, 6.07) is 7.75. The van der Waals surface area contributed by atoms with Gasteiger partial charge in [-0.25, -0.2) is 13.0 Å². The number of fused-ring (bicyclic) bond motifs is 1. The molecule has 0 atom stereocenters. The molecule has 0 bridgehead atoms. The van der Waals surface area contributed by atoms with E-state index in [1.54, 1.807) is 24.3 Å². The van der Waals surface area contributed by atoms with Gasteiger partial charge in [-0.2, -0.15) is 0 Å². The highest BCUT2D eigenvalue weighted by Crippen LogP contribution is 2.22. The molecule has 3 rings (SSSR count). The lowest BCUT2D eigenvalue weighted by atomic mass is 10.3. The minimum absolute atomic E-state index is 0.0167. The number of sulfonamides is 1. The molecule has 0 spiro atoms. The molecule has 0 aliphatic heterocycles. The SMILES string of the molecule is O=S(=O)(Nc1ccncc1)c1cccc2nonc12. The van der Waals surface area contributed by atoms with Gasteiger partial charge in [0, 0.05) is 12.4 Å². The van der Waals surface area contributed by atoms with E-state index in [9.17, 15) is 8.42 Å². The number of benzene rings is 1. The molecule has 0 fully saturated rings. The summed E-state index contributed by atoms with van der Waals surface area (Å²) in [6.07, 6.45) is 2.99. The number of pyridine rings is 1. The second-order valence-corrected chi connectivity index (χ2v) is 5.38. The largest absolute Gasteiger partial charge is 0.279 e. The number of anilines is 1. The average molecular weight is 276 g/mol. The molecule has 7 nitrogen and oxygen atoms in total. The number of rotatable bonds is 3. The molecule has 8 heteroatoms. The molecule has 19 heavy (non-hydrogen) atoms. The molecular weight excluding hydrogens is 268 g/mol. The Morgan fingerprint density at radius 1 is 1.05 bits per heavy atom. The average Bonchev–Trinajstić information content (AvgIpc) is 2.87. The van der Waals surface area contributed by atoms with Gasteiger partial charge in [-0.05, 0) is 34.6 Å². The van der Waals surface area contributed by atoms with Crippen LogP contribution in [0.1, 0.15) is 0 Å². The third-order valence-corrected chi connectivity index (χ3v) is 3.88. The van der Waals surface area contributed by atoms with Crippen LogP contribution >= 0.6 is 0 Å². The van der Waals surface area contributed by atoms with Crippen molar-refractivity contribution < 1.29 is 13.0 Å². The smallest absolute Gasteiger partial charge is 0.264 e. The fourth-order valence-corrected chi connectivity index (χ4v) is 2.84. The molecule has 2 aromatic heterocycles. The van der Waals surface area contributed by atoms with Crippen molar-refractivity contribution in [2.75, 3.05) is 4.72 Å². The van der Waals surface area contributed by atoms with Gasteiger partial charge in [0.15, 0.2) is 5.52 Å². The third kappa shape index (κ3) is 2.13. The van der Waals surface area contributed by atoms with Gasteiger partial charge in [-0.15, -0.1) is 0 Å². The van der Waals surface area contributed by atoms with Crippen LogP contribution in [-0.2, 0) is 10.0 Å². The molecule has 1 N–H and O–H groups in total. The van der Waals surface area contributed by atoms with Crippen molar-refractivity contribution in [1.82, 2.24) is 15.3 Å². The summed E-state index contributed by atoms with van der Waals surface area (Å²) >= 11 is 0. The van der Waals surface area contributed by atoms with Crippen LogP contribution in [0.4, 0.5) is 5.69 Å². The van der Waals surface area contributed by atoms with E-state index >= 15 is 0 Å². The Hall–Kier alpha value is -2.48. The molecule has 0 saturated heterocycles. The van der Waals surface area contributed by atoms with Crippen LogP contribution in [0.25, 0.3) is 11.0 Å². The van der Waals surface area contributed by atoms with Gasteiger partial charge in [0.1, 0.15) is 10.4 Å². The third-order valence-electron chi connectivity index (χ3n) is 2.47. The van der Waals surface area contributed by atoms with Gasteiger partial charge in [0.2, 0.25) is 0 Å². The Balaban J connectivity index is 2.08. The Kier molecular flexibility index (Phi) is 2.64. The van der Waals surface area contributed by atoms with Crippen molar-refractivity contribution in [3.63, 3.8) is 0 Å². The van der Waals surface area contributed by atoms with Crippen LogP contribution in [0.3, 0.4) is 0 Å². The van der Waals surface area contributed by atoms with E-state index in [1.165, 1.54) is 18.5 Å². The summed E-state index contributed by atoms with van der Waals surface area (Å²) in [7, 11) is -3.75. The maximum atomic E-state index is 12.3. The van der Waals surface area contributed by atoms with E-state index in [-0.39, 0.29) is 10.4 Å². The summed E-state index contributed by atoms with van der Waals surface area (Å²) in [4.78, 5) is 3.83. The topological polar surface area (TPSA) is 98.0 Å². The first kappa shape index (κ1) is 11.6. The summed E-state index contributed by atoms with van der Waals surface area (Å²) in [6.45, 7) is 0. The number of hydrogen-bond donors (Lipinski definition) is 1. The monoisotopic (exact) mass is 276 g/mol. The van der Waals surface area contributed by atoms with E-state index in [0.717, 1.165) is 0 Å². The maximum Gasteiger partial charge on any atom is 0.264 e. The van der Waals surface area contributed by atoms with E-state index < -0.39 is 10.0 Å². The minimum Gasteiger partial charge on any atom is -0.279 e. The van der Waals surface area contributed by atoms with Gasteiger partial charge in [0.25, 0.3) is 10.0 Å². The maximum absolute atomic E-state index is 12.3. The number of nitrogens with one attached hydrogen (secondary N) is 1. The lowest BCUT2D eigenvalue weighted by Gasteiger charge is -2.07. The zero-order chi connectivity index (χ0) is 13.3. The first-order chi connectivity index (χ1) is 9.17. The van der Waals surface area contributed by atoms with Crippen LogP contribution in [0, 0.1) is 0 Å². The standard InChI is InChI=1S/C11H8N4O3S/c16-19(17,15-8-4-6-12-7-5-8)10-3-1-2-9-11(10)14-18-13-9/h1-7H,(H,12,15). The minimum atomic E-state index is -3.75. The van der Waals surface area contributed by atoms with Crippen LogP contribution in [0.15, 0.2) is 52.3 Å². The van der Waals surface area contributed by atoms with Gasteiger partial charge >= 0.3 is 0 Å². The molecular formula is C11H8N4O3S. The van der Waals surface area contributed by atoms with E-state index in [0.29, 0.717) is 11.2 Å². The summed E-state index contributed by atoms with van der Waals surface area (Å²) in [5.74, 6) is 0. The highest BCUT2D eigenvalue weighted by molar-refractivity contribution is 7.93. The van der Waals surface area contributed by atoms with Crippen LogP contribution < -0.4 is 4.72 Å². The molecule has 1 aromatic carbocycles. The summed E-state index contributed by atoms with van der Waals surface area (Å²) in [5, 5.41) is 7.22.